The van der Waals surface area contributed by atoms with Crippen LogP contribution in [0.25, 0.3) is 0 Å². The molecule has 0 saturated carbocycles. The Kier molecular flexibility index (Phi) is 6.62. The van der Waals surface area contributed by atoms with Crippen molar-refractivity contribution in [1.29, 1.82) is 0 Å². The summed E-state index contributed by atoms with van der Waals surface area (Å²) in [7, 11) is 0. The van der Waals surface area contributed by atoms with Crippen LogP contribution in [0.15, 0.2) is 41.6 Å². The first-order valence-electron chi connectivity index (χ1n) is 11.8. The van der Waals surface area contributed by atoms with E-state index >= 15 is 8.78 Å². The molecule has 0 radical (unpaired) electrons. The normalized spacial score (nSPS) is 21.0. The highest BCUT2D eigenvalue weighted by Crippen LogP contribution is 2.32. The maximum Gasteiger partial charge on any atom is 0.267 e. The SMILES string of the molecule is CC(=O)NCC1CC(c2cc(F)c(N3CCN(C(=O)C4COc5ccccc5O4)CC3)c(F)c2)=NO1. The molecule has 5 rings (SSSR count). The van der Waals surface area contributed by atoms with Crippen LogP contribution in [0.2, 0.25) is 0 Å². The van der Waals surface area contributed by atoms with Gasteiger partial charge in [-0.15, -0.1) is 0 Å². The van der Waals surface area contributed by atoms with Gasteiger partial charge in [0.1, 0.15) is 30.0 Å². The lowest BCUT2D eigenvalue weighted by atomic mass is 10.0. The number of fused-ring (bicyclic) bond motifs is 1. The summed E-state index contributed by atoms with van der Waals surface area (Å²) >= 11 is 0. The molecule has 1 saturated heterocycles. The average Bonchev–Trinajstić information content (AvgIpc) is 3.36. The minimum Gasteiger partial charge on any atom is -0.485 e. The molecule has 1 fully saturated rings. The Bertz CT molecular complexity index is 1180. The van der Waals surface area contributed by atoms with Gasteiger partial charge in [-0.3, -0.25) is 9.59 Å². The topological polar surface area (TPSA) is 92.7 Å². The summed E-state index contributed by atoms with van der Waals surface area (Å²) in [6.45, 7) is 2.91. The first-order valence-corrected chi connectivity index (χ1v) is 11.8. The van der Waals surface area contributed by atoms with E-state index in [1.54, 1.807) is 28.0 Å². The van der Waals surface area contributed by atoms with Crippen molar-refractivity contribution in [3.8, 4) is 11.5 Å². The number of nitrogens with zero attached hydrogens (tertiary/aromatic N) is 3. The summed E-state index contributed by atoms with van der Waals surface area (Å²) in [5, 5.41) is 6.57. The molecule has 9 nitrogen and oxygen atoms in total. The van der Waals surface area contributed by atoms with E-state index in [2.05, 4.69) is 10.5 Å². The highest BCUT2D eigenvalue weighted by atomic mass is 19.1. The number of ether oxygens (including phenoxy) is 2. The predicted molar refractivity (Wildman–Crippen MR) is 126 cm³/mol. The van der Waals surface area contributed by atoms with Gasteiger partial charge in [-0.05, 0) is 24.3 Å². The van der Waals surface area contributed by atoms with Crippen LogP contribution in [0.4, 0.5) is 14.5 Å². The number of oxime groups is 1. The summed E-state index contributed by atoms with van der Waals surface area (Å²) in [5.74, 6) is -0.714. The van der Waals surface area contributed by atoms with Gasteiger partial charge in [0.25, 0.3) is 5.91 Å². The molecular weight excluding hydrogens is 474 g/mol. The Morgan fingerprint density at radius 2 is 1.78 bits per heavy atom. The monoisotopic (exact) mass is 500 g/mol. The maximum absolute atomic E-state index is 15.0. The van der Waals surface area contributed by atoms with Gasteiger partial charge < -0.3 is 29.4 Å². The van der Waals surface area contributed by atoms with Crippen molar-refractivity contribution in [2.75, 3.05) is 44.2 Å². The summed E-state index contributed by atoms with van der Waals surface area (Å²) < 4.78 is 41.5. The van der Waals surface area contributed by atoms with E-state index in [1.165, 1.54) is 19.1 Å². The summed E-state index contributed by atoms with van der Waals surface area (Å²) in [4.78, 5) is 32.5. The number of para-hydroxylation sites is 2. The molecule has 0 aromatic heterocycles. The van der Waals surface area contributed by atoms with Crippen LogP contribution in [0.5, 0.6) is 11.5 Å². The van der Waals surface area contributed by atoms with E-state index in [1.807, 2.05) is 6.07 Å². The first-order chi connectivity index (χ1) is 17.4. The minimum absolute atomic E-state index is 0.111. The molecule has 1 N–H and O–H groups in total. The number of carbonyl (C=O) groups excluding carboxylic acids is 2. The van der Waals surface area contributed by atoms with Gasteiger partial charge in [-0.25, -0.2) is 8.78 Å². The quantitative estimate of drug-likeness (QED) is 0.676. The second-order valence-corrected chi connectivity index (χ2v) is 8.87. The molecule has 3 aliphatic heterocycles. The van der Waals surface area contributed by atoms with Gasteiger partial charge in [0.05, 0.1) is 12.3 Å². The van der Waals surface area contributed by atoms with Crippen molar-refractivity contribution in [3.05, 3.63) is 53.6 Å². The zero-order valence-electron chi connectivity index (χ0n) is 19.7. The molecule has 0 bridgehead atoms. The highest BCUT2D eigenvalue weighted by Gasteiger charge is 2.34. The van der Waals surface area contributed by atoms with Crippen LogP contribution in [0.1, 0.15) is 18.9 Å². The lowest BCUT2D eigenvalue weighted by Gasteiger charge is -2.38. The van der Waals surface area contributed by atoms with E-state index in [0.29, 0.717) is 42.3 Å². The van der Waals surface area contributed by atoms with Gasteiger partial charge in [0.15, 0.2) is 11.5 Å². The number of hydrogen-bond donors (Lipinski definition) is 1. The third kappa shape index (κ3) is 4.91. The van der Waals surface area contributed by atoms with Crippen LogP contribution < -0.4 is 19.7 Å². The number of amides is 2. The summed E-state index contributed by atoms with van der Waals surface area (Å²) in [5.41, 5.74) is 0.579. The van der Waals surface area contributed by atoms with E-state index in [4.69, 9.17) is 14.3 Å². The van der Waals surface area contributed by atoms with Gasteiger partial charge >= 0.3 is 0 Å². The van der Waals surface area contributed by atoms with E-state index in [9.17, 15) is 9.59 Å². The Morgan fingerprint density at radius 3 is 2.47 bits per heavy atom. The smallest absolute Gasteiger partial charge is 0.267 e. The minimum atomic E-state index is -0.761. The fourth-order valence-electron chi connectivity index (χ4n) is 4.50. The van der Waals surface area contributed by atoms with Gasteiger partial charge in [0, 0.05) is 45.1 Å². The molecular formula is C25H26F2N4O5. The number of nitrogens with one attached hydrogen (secondary N) is 1. The van der Waals surface area contributed by atoms with Crippen molar-refractivity contribution >= 4 is 23.2 Å². The molecule has 2 atom stereocenters. The van der Waals surface area contributed by atoms with E-state index in [0.717, 1.165) is 0 Å². The van der Waals surface area contributed by atoms with Crippen molar-refractivity contribution in [1.82, 2.24) is 10.2 Å². The van der Waals surface area contributed by atoms with Gasteiger partial charge in [-0.1, -0.05) is 17.3 Å². The van der Waals surface area contributed by atoms with Crippen LogP contribution >= 0.6 is 0 Å². The van der Waals surface area contributed by atoms with Gasteiger partial charge in [0.2, 0.25) is 12.0 Å². The van der Waals surface area contributed by atoms with Crippen LogP contribution in [0.3, 0.4) is 0 Å². The standard InChI is InChI=1S/C25H26F2N4O5/c1-15(32)28-13-17-12-20(29-36-17)16-10-18(26)24(19(27)11-16)30-6-8-31(9-7-30)25(33)23-14-34-21-4-2-3-5-22(21)35-23/h2-5,10-11,17,23H,6-9,12-14H2,1H3,(H,28,32). The number of carbonyl (C=O) groups is 2. The Hall–Kier alpha value is -3.89. The average molecular weight is 501 g/mol. The highest BCUT2D eigenvalue weighted by molar-refractivity contribution is 6.01. The molecule has 190 valence electrons. The number of hydrogen-bond acceptors (Lipinski definition) is 7. The third-order valence-corrected chi connectivity index (χ3v) is 6.35. The first kappa shape index (κ1) is 23.8. The molecule has 36 heavy (non-hydrogen) atoms. The van der Waals surface area contributed by atoms with Crippen LogP contribution in [-0.4, -0.2) is 74.0 Å². The van der Waals surface area contributed by atoms with Crippen LogP contribution in [0, 0.1) is 11.6 Å². The van der Waals surface area contributed by atoms with Crippen molar-refractivity contribution < 1.29 is 32.7 Å². The molecule has 0 aliphatic carbocycles. The molecule has 11 heteroatoms. The number of rotatable bonds is 5. The molecule has 2 aromatic carbocycles. The number of halogens is 2. The fraction of sp³-hybridized carbons (Fsp3) is 0.400. The lowest BCUT2D eigenvalue weighted by molar-refractivity contribution is -0.141. The Labute approximate surface area is 206 Å². The summed E-state index contributed by atoms with van der Waals surface area (Å²) in [6.07, 6.45) is -0.813. The fourth-order valence-corrected chi connectivity index (χ4v) is 4.50. The second kappa shape index (κ2) is 10.00. The van der Waals surface area contributed by atoms with Crippen molar-refractivity contribution in [3.63, 3.8) is 0 Å². The summed E-state index contributed by atoms with van der Waals surface area (Å²) in [6, 6.07) is 9.63. The maximum atomic E-state index is 15.0. The zero-order valence-corrected chi connectivity index (χ0v) is 19.7. The molecule has 3 heterocycles. The Morgan fingerprint density at radius 1 is 1.08 bits per heavy atom. The predicted octanol–water partition coefficient (Wildman–Crippen LogP) is 2.08. The molecule has 2 unspecified atom stereocenters. The Balaban J connectivity index is 1.19. The molecule has 0 spiro atoms. The molecule has 2 aromatic rings. The molecule has 3 aliphatic rings. The van der Waals surface area contributed by atoms with E-state index < -0.39 is 17.7 Å². The third-order valence-electron chi connectivity index (χ3n) is 6.35. The van der Waals surface area contributed by atoms with Crippen molar-refractivity contribution in [2.45, 2.75) is 25.6 Å². The van der Waals surface area contributed by atoms with E-state index in [-0.39, 0.29) is 49.8 Å². The molecule has 2 amide bonds. The largest absolute Gasteiger partial charge is 0.485 e. The number of benzene rings is 2. The van der Waals surface area contributed by atoms with Crippen molar-refractivity contribution in [2.24, 2.45) is 5.16 Å². The number of piperazine rings is 1. The zero-order chi connectivity index (χ0) is 25.2. The van der Waals surface area contributed by atoms with Crippen LogP contribution in [-0.2, 0) is 14.4 Å². The second-order valence-electron chi connectivity index (χ2n) is 8.87. The lowest BCUT2D eigenvalue weighted by Crippen LogP contribution is -2.54. The number of anilines is 1. The van der Waals surface area contributed by atoms with Gasteiger partial charge in [-0.2, -0.15) is 0 Å².